The third kappa shape index (κ3) is 3.21. The third-order valence-corrected chi connectivity index (χ3v) is 5.39. The topological polar surface area (TPSA) is 61.9 Å². The largest absolute Gasteiger partial charge is 0.302 e. The molecule has 0 aliphatic carbocycles. The van der Waals surface area contributed by atoms with E-state index in [1.807, 2.05) is 51.0 Å². The fourth-order valence-electron chi connectivity index (χ4n) is 2.87. The van der Waals surface area contributed by atoms with Crippen LogP contribution in [0.25, 0.3) is 10.2 Å². The molecule has 128 valence electrons. The Labute approximate surface area is 150 Å². The Morgan fingerprint density at radius 2 is 2.00 bits per heavy atom. The number of hydrogen-bond donors (Lipinski definition) is 0. The van der Waals surface area contributed by atoms with Gasteiger partial charge in [0.1, 0.15) is 10.7 Å². The molecule has 0 amide bonds. The highest BCUT2D eigenvalue weighted by atomic mass is 32.1. The molecule has 0 fully saturated rings. The van der Waals surface area contributed by atoms with Gasteiger partial charge in [0.25, 0.3) is 5.56 Å². The van der Waals surface area contributed by atoms with Crippen LogP contribution in [0.5, 0.6) is 0 Å². The van der Waals surface area contributed by atoms with Crippen molar-refractivity contribution >= 4 is 21.6 Å². The Balaban J connectivity index is 2.24. The zero-order chi connectivity index (χ0) is 18.1. The van der Waals surface area contributed by atoms with Crippen LogP contribution in [0.4, 0.5) is 0 Å². The van der Waals surface area contributed by atoms with E-state index in [0.717, 1.165) is 26.7 Å². The minimum absolute atomic E-state index is 0.0311. The number of hydrogen-bond acceptors (Lipinski definition) is 5. The smallest absolute Gasteiger partial charge is 0.262 e. The molecule has 0 aliphatic heterocycles. The number of thiophene rings is 1. The lowest BCUT2D eigenvalue weighted by atomic mass is 10.1. The third-order valence-electron chi connectivity index (χ3n) is 4.29. The second kappa shape index (κ2) is 6.79. The summed E-state index contributed by atoms with van der Waals surface area (Å²) >= 11 is 1.56. The summed E-state index contributed by atoms with van der Waals surface area (Å²) in [7, 11) is 3.91. The molecule has 0 spiro atoms. The van der Waals surface area contributed by atoms with Crippen LogP contribution in [0.15, 0.2) is 29.1 Å². The molecule has 0 N–H and O–H groups in total. The Morgan fingerprint density at radius 3 is 2.68 bits per heavy atom. The molecule has 0 radical (unpaired) electrons. The molecule has 0 unspecified atom stereocenters. The van der Waals surface area contributed by atoms with E-state index >= 15 is 0 Å². The van der Waals surface area contributed by atoms with Gasteiger partial charge in [-0.2, -0.15) is 5.26 Å². The molecule has 0 atom stereocenters. The molecule has 2 heterocycles. The van der Waals surface area contributed by atoms with Crippen molar-refractivity contribution in [1.29, 1.82) is 5.26 Å². The standard InChI is InChI=1S/C19H20N4OS/c1-12-13(2)25-18-17(12)19(24)23(16(21-18)11-22(3)4)10-15-8-6-5-7-14(15)9-20/h5-8H,10-11H2,1-4H3. The first-order valence-corrected chi connectivity index (χ1v) is 8.86. The first-order valence-electron chi connectivity index (χ1n) is 8.04. The summed E-state index contributed by atoms with van der Waals surface area (Å²) in [5, 5.41) is 10.0. The van der Waals surface area contributed by atoms with E-state index in [-0.39, 0.29) is 5.56 Å². The number of aromatic nitrogens is 2. The van der Waals surface area contributed by atoms with Crippen LogP contribution in [-0.4, -0.2) is 28.5 Å². The van der Waals surface area contributed by atoms with E-state index in [1.54, 1.807) is 22.0 Å². The molecular weight excluding hydrogens is 332 g/mol. The summed E-state index contributed by atoms with van der Waals surface area (Å²) in [6.07, 6.45) is 0. The van der Waals surface area contributed by atoms with Crippen molar-refractivity contribution in [2.45, 2.75) is 26.9 Å². The van der Waals surface area contributed by atoms with Crippen LogP contribution in [0.2, 0.25) is 0 Å². The van der Waals surface area contributed by atoms with Gasteiger partial charge in [0.2, 0.25) is 0 Å². The van der Waals surface area contributed by atoms with E-state index in [0.29, 0.717) is 24.0 Å². The lowest BCUT2D eigenvalue weighted by Gasteiger charge is -2.16. The first-order chi connectivity index (χ1) is 11.9. The highest BCUT2D eigenvalue weighted by Gasteiger charge is 2.17. The quantitative estimate of drug-likeness (QED) is 0.724. The summed E-state index contributed by atoms with van der Waals surface area (Å²) in [5.74, 6) is 0.719. The van der Waals surface area contributed by atoms with Crippen molar-refractivity contribution in [3.63, 3.8) is 0 Å². The number of aryl methyl sites for hydroxylation is 2. The summed E-state index contributed by atoms with van der Waals surface area (Å²) in [4.78, 5) is 21.9. The van der Waals surface area contributed by atoms with E-state index in [9.17, 15) is 10.1 Å². The predicted molar refractivity (Wildman–Crippen MR) is 101 cm³/mol. The maximum atomic E-state index is 13.2. The van der Waals surface area contributed by atoms with Crippen molar-refractivity contribution in [2.24, 2.45) is 0 Å². The van der Waals surface area contributed by atoms with Gasteiger partial charge < -0.3 is 4.90 Å². The van der Waals surface area contributed by atoms with Crippen molar-refractivity contribution < 1.29 is 0 Å². The van der Waals surface area contributed by atoms with Crippen LogP contribution in [-0.2, 0) is 13.1 Å². The minimum Gasteiger partial charge on any atom is -0.302 e. The Bertz CT molecular complexity index is 1040. The fourth-order valence-corrected chi connectivity index (χ4v) is 3.91. The lowest BCUT2D eigenvalue weighted by molar-refractivity contribution is 0.379. The van der Waals surface area contributed by atoms with Gasteiger partial charge >= 0.3 is 0 Å². The average Bonchev–Trinajstić information content (AvgIpc) is 2.85. The van der Waals surface area contributed by atoms with Gasteiger partial charge in [-0.1, -0.05) is 18.2 Å². The maximum Gasteiger partial charge on any atom is 0.262 e. The van der Waals surface area contributed by atoms with E-state index in [4.69, 9.17) is 4.98 Å². The fraction of sp³-hybridized carbons (Fsp3) is 0.316. The molecule has 0 saturated heterocycles. The molecule has 2 aromatic heterocycles. The van der Waals surface area contributed by atoms with Crippen molar-refractivity contribution in [1.82, 2.24) is 14.5 Å². The van der Waals surface area contributed by atoms with Gasteiger partial charge in [0.15, 0.2) is 0 Å². The Hall–Kier alpha value is -2.49. The zero-order valence-electron chi connectivity index (χ0n) is 14.8. The maximum absolute atomic E-state index is 13.2. The molecule has 25 heavy (non-hydrogen) atoms. The molecule has 5 nitrogen and oxygen atoms in total. The van der Waals surface area contributed by atoms with Gasteiger partial charge in [-0.3, -0.25) is 9.36 Å². The van der Waals surface area contributed by atoms with Crippen LogP contribution in [0, 0.1) is 25.2 Å². The summed E-state index contributed by atoms with van der Waals surface area (Å²) in [6.45, 7) is 4.90. The van der Waals surface area contributed by atoms with Crippen LogP contribution < -0.4 is 5.56 Å². The van der Waals surface area contributed by atoms with Crippen LogP contribution in [0.1, 0.15) is 27.4 Å². The van der Waals surface area contributed by atoms with Gasteiger partial charge in [-0.05, 0) is 45.1 Å². The molecular formula is C19H20N4OS. The van der Waals surface area contributed by atoms with Gasteiger partial charge in [0.05, 0.1) is 30.1 Å². The SMILES string of the molecule is Cc1sc2nc(CN(C)C)n(Cc3ccccc3C#N)c(=O)c2c1C. The molecule has 1 aromatic carbocycles. The number of fused-ring (bicyclic) bond motifs is 1. The average molecular weight is 352 g/mol. The second-order valence-electron chi connectivity index (χ2n) is 6.39. The molecule has 6 heteroatoms. The number of benzene rings is 1. The predicted octanol–water partition coefficient (Wildman–Crippen LogP) is 3.06. The summed E-state index contributed by atoms with van der Waals surface area (Å²) in [5.41, 5.74) is 2.38. The van der Waals surface area contributed by atoms with Crippen LogP contribution >= 0.6 is 11.3 Å². The number of nitriles is 1. The number of rotatable bonds is 4. The van der Waals surface area contributed by atoms with Gasteiger partial charge in [-0.15, -0.1) is 11.3 Å². The molecule has 3 aromatic rings. The molecule has 0 bridgehead atoms. The van der Waals surface area contributed by atoms with E-state index in [1.165, 1.54) is 0 Å². The number of nitrogens with zero attached hydrogens (tertiary/aromatic N) is 4. The monoisotopic (exact) mass is 352 g/mol. The highest BCUT2D eigenvalue weighted by molar-refractivity contribution is 7.18. The molecule has 0 saturated carbocycles. The Kier molecular flexibility index (Phi) is 4.71. The zero-order valence-corrected chi connectivity index (χ0v) is 15.6. The molecule has 0 aliphatic rings. The Morgan fingerprint density at radius 1 is 1.28 bits per heavy atom. The van der Waals surface area contributed by atoms with E-state index < -0.39 is 0 Å². The normalized spacial score (nSPS) is 11.2. The van der Waals surface area contributed by atoms with Crippen molar-refractivity contribution in [3.8, 4) is 6.07 Å². The van der Waals surface area contributed by atoms with Crippen LogP contribution in [0.3, 0.4) is 0 Å². The highest BCUT2D eigenvalue weighted by Crippen LogP contribution is 2.26. The van der Waals surface area contributed by atoms with Crippen molar-refractivity contribution in [3.05, 3.63) is 62.0 Å². The van der Waals surface area contributed by atoms with Gasteiger partial charge in [-0.25, -0.2) is 4.98 Å². The molecule has 3 rings (SSSR count). The summed E-state index contributed by atoms with van der Waals surface area (Å²) in [6, 6.07) is 9.59. The lowest BCUT2D eigenvalue weighted by Crippen LogP contribution is -2.29. The minimum atomic E-state index is -0.0311. The van der Waals surface area contributed by atoms with Gasteiger partial charge in [0, 0.05) is 4.88 Å². The summed E-state index contributed by atoms with van der Waals surface area (Å²) < 4.78 is 1.71. The first kappa shape index (κ1) is 17.3. The van der Waals surface area contributed by atoms with Crippen molar-refractivity contribution in [2.75, 3.05) is 14.1 Å². The second-order valence-corrected chi connectivity index (χ2v) is 7.59. The van der Waals surface area contributed by atoms with E-state index in [2.05, 4.69) is 6.07 Å².